The number of rotatable bonds is 3. The molecule has 0 atom stereocenters. The lowest BCUT2D eigenvalue weighted by molar-refractivity contribution is 0.602. The van der Waals surface area contributed by atoms with Crippen LogP contribution >= 0.6 is 11.6 Å². The van der Waals surface area contributed by atoms with Crippen LogP contribution in [0.15, 0.2) is 36.4 Å². The molecule has 1 N–H and O–H groups in total. The number of nitrogens with zero attached hydrogens (tertiary/aromatic N) is 1. The molecule has 0 aliphatic rings. The van der Waals surface area contributed by atoms with Crippen LogP contribution in [0.2, 0.25) is 5.02 Å². The maximum absolute atomic E-state index is 13.4. The molecule has 5 heteroatoms. The Hall–Kier alpha value is -2.12. The minimum absolute atomic E-state index is 0.0698. The van der Waals surface area contributed by atoms with Crippen LogP contribution in [0.1, 0.15) is 11.1 Å². The van der Waals surface area contributed by atoms with Crippen LogP contribution in [0.5, 0.6) is 0 Å². The first-order chi connectivity index (χ1) is 9.10. The van der Waals surface area contributed by atoms with Crippen LogP contribution in [0.25, 0.3) is 0 Å². The molecule has 0 unspecified atom stereocenters. The van der Waals surface area contributed by atoms with Crippen LogP contribution < -0.4 is 5.32 Å². The number of hydrogen-bond donors (Lipinski definition) is 1. The lowest BCUT2D eigenvalue weighted by atomic mass is 10.1. The van der Waals surface area contributed by atoms with Crippen molar-refractivity contribution in [1.29, 1.82) is 5.26 Å². The van der Waals surface area contributed by atoms with E-state index in [1.54, 1.807) is 12.1 Å². The summed E-state index contributed by atoms with van der Waals surface area (Å²) in [6, 6.07) is 9.97. The van der Waals surface area contributed by atoms with Crippen molar-refractivity contribution in [2.24, 2.45) is 0 Å². The van der Waals surface area contributed by atoms with Gasteiger partial charge in [0.15, 0.2) is 0 Å². The van der Waals surface area contributed by atoms with Gasteiger partial charge in [0.25, 0.3) is 0 Å². The first-order valence-electron chi connectivity index (χ1n) is 5.47. The van der Waals surface area contributed by atoms with Gasteiger partial charge in [-0.1, -0.05) is 17.7 Å². The lowest BCUT2D eigenvalue weighted by Crippen LogP contribution is -2.02. The van der Waals surface area contributed by atoms with Crippen LogP contribution in [-0.2, 0) is 6.54 Å². The van der Waals surface area contributed by atoms with E-state index in [0.29, 0.717) is 16.1 Å². The van der Waals surface area contributed by atoms with Crippen LogP contribution in [-0.4, -0.2) is 0 Å². The number of halogens is 3. The highest BCUT2D eigenvalue weighted by Crippen LogP contribution is 2.21. The summed E-state index contributed by atoms with van der Waals surface area (Å²) in [4.78, 5) is 0. The summed E-state index contributed by atoms with van der Waals surface area (Å²) >= 11 is 5.99. The molecule has 2 rings (SSSR count). The van der Waals surface area contributed by atoms with Crippen molar-refractivity contribution in [3.63, 3.8) is 0 Å². The highest BCUT2D eigenvalue weighted by molar-refractivity contribution is 6.31. The molecule has 0 saturated carbocycles. The summed E-state index contributed by atoms with van der Waals surface area (Å²) in [6.07, 6.45) is 0. The fourth-order valence-corrected chi connectivity index (χ4v) is 1.83. The van der Waals surface area contributed by atoms with E-state index in [9.17, 15) is 8.78 Å². The molecule has 0 aliphatic heterocycles. The smallest absolute Gasteiger partial charge is 0.146 e. The van der Waals surface area contributed by atoms with Crippen molar-refractivity contribution >= 4 is 17.3 Å². The van der Waals surface area contributed by atoms with Gasteiger partial charge in [0, 0.05) is 11.6 Å². The largest absolute Gasteiger partial charge is 0.378 e. The van der Waals surface area contributed by atoms with Gasteiger partial charge in [-0.3, -0.25) is 0 Å². The van der Waals surface area contributed by atoms with E-state index in [0.717, 1.165) is 18.2 Å². The summed E-state index contributed by atoms with van der Waals surface area (Å²) in [5.41, 5.74) is 1.22. The first kappa shape index (κ1) is 13.3. The molecule has 96 valence electrons. The van der Waals surface area contributed by atoms with Gasteiger partial charge in [-0.15, -0.1) is 0 Å². The molecule has 2 nitrogen and oxygen atoms in total. The predicted octanol–water partition coefficient (Wildman–Crippen LogP) is 4.10. The van der Waals surface area contributed by atoms with Gasteiger partial charge in [-0.05, 0) is 35.9 Å². The predicted molar refractivity (Wildman–Crippen MR) is 69.9 cm³/mol. The Labute approximate surface area is 114 Å². The Morgan fingerprint density at radius 2 is 1.95 bits per heavy atom. The van der Waals surface area contributed by atoms with Crippen molar-refractivity contribution in [1.82, 2.24) is 0 Å². The fraction of sp³-hybridized carbons (Fsp3) is 0.0714. The standard InChI is InChI=1S/C14H9ClF2N2/c15-12-5-9(7-18)1-2-10(12)8-19-14-6-11(16)3-4-13(14)17/h1-6,19H,8H2. The number of anilines is 1. The molecular weight excluding hydrogens is 270 g/mol. The van der Waals surface area contributed by atoms with Crippen LogP contribution in [0.3, 0.4) is 0 Å². The van der Waals surface area contributed by atoms with E-state index < -0.39 is 11.6 Å². The monoisotopic (exact) mass is 278 g/mol. The Morgan fingerprint density at radius 3 is 2.63 bits per heavy atom. The second-order valence-corrected chi connectivity index (χ2v) is 4.30. The van der Waals surface area contributed by atoms with Crippen LogP contribution in [0, 0.1) is 23.0 Å². The molecule has 19 heavy (non-hydrogen) atoms. The molecule has 0 aliphatic carbocycles. The molecular formula is C14H9ClF2N2. The molecule has 0 saturated heterocycles. The van der Waals surface area contributed by atoms with Gasteiger partial charge in [-0.25, -0.2) is 8.78 Å². The Morgan fingerprint density at radius 1 is 1.16 bits per heavy atom. The van der Waals surface area contributed by atoms with Crippen molar-refractivity contribution < 1.29 is 8.78 Å². The van der Waals surface area contributed by atoms with E-state index in [4.69, 9.17) is 16.9 Å². The van der Waals surface area contributed by atoms with Crippen molar-refractivity contribution in [2.75, 3.05) is 5.32 Å². The van der Waals surface area contributed by atoms with Crippen molar-refractivity contribution in [3.05, 3.63) is 64.2 Å². The minimum atomic E-state index is -0.536. The minimum Gasteiger partial charge on any atom is -0.378 e. The van der Waals surface area contributed by atoms with E-state index in [2.05, 4.69) is 5.32 Å². The topological polar surface area (TPSA) is 35.8 Å². The SMILES string of the molecule is N#Cc1ccc(CNc2cc(F)ccc2F)c(Cl)c1. The molecule has 0 bridgehead atoms. The fourth-order valence-electron chi connectivity index (χ4n) is 1.58. The van der Waals surface area contributed by atoms with Gasteiger partial charge < -0.3 is 5.32 Å². The molecule has 2 aromatic rings. The molecule has 0 spiro atoms. The maximum atomic E-state index is 13.4. The first-order valence-corrected chi connectivity index (χ1v) is 5.85. The Kier molecular flexibility index (Phi) is 3.98. The molecule has 0 radical (unpaired) electrons. The maximum Gasteiger partial charge on any atom is 0.146 e. The third-order valence-electron chi connectivity index (χ3n) is 2.58. The summed E-state index contributed by atoms with van der Waals surface area (Å²) < 4.78 is 26.4. The quantitative estimate of drug-likeness (QED) is 0.917. The number of nitriles is 1. The summed E-state index contributed by atoms with van der Waals surface area (Å²) in [6.45, 7) is 0.241. The highest BCUT2D eigenvalue weighted by atomic mass is 35.5. The van der Waals surface area contributed by atoms with Gasteiger partial charge >= 0.3 is 0 Å². The number of hydrogen-bond acceptors (Lipinski definition) is 2. The number of benzene rings is 2. The third kappa shape index (κ3) is 3.21. The summed E-state index contributed by atoms with van der Waals surface area (Å²) in [5, 5.41) is 11.9. The van der Waals surface area contributed by atoms with Gasteiger partial charge in [0.2, 0.25) is 0 Å². The average Bonchev–Trinajstić information content (AvgIpc) is 2.40. The second kappa shape index (κ2) is 5.68. The van der Waals surface area contributed by atoms with Gasteiger partial charge in [0.1, 0.15) is 11.6 Å². The Bertz CT molecular complexity index is 650. The zero-order valence-corrected chi connectivity index (χ0v) is 10.5. The average molecular weight is 279 g/mol. The zero-order chi connectivity index (χ0) is 13.8. The van der Waals surface area contributed by atoms with E-state index in [-0.39, 0.29) is 12.2 Å². The summed E-state index contributed by atoms with van der Waals surface area (Å²) in [7, 11) is 0. The van der Waals surface area contributed by atoms with Crippen molar-refractivity contribution in [2.45, 2.75) is 6.54 Å². The number of nitrogens with one attached hydrogen (secondary N) is 1. The third-order valence-corrected chi connectivity index (χ3v) is 2.93. The molecule has 0 aromatic heterocycles. The van der Waals surface area contributed by atoms with Crippen LogP contribution in [0.4, 0.5) is 14.5 Å². The Balaban J connectivity index is 2.15. The molecule has 0 heterocycles. The van der Waals surface area contributed by atoms with Crippen molar-refractivity contribution in [3.8, 4) is 6.07 Å². The zero-order valence-electron chi connectivity index (χ0n) is 9.75. The van der Waals surface area contributed by atoms with Gasteiger partial charge in [0.05, 0.1) is 17.3 Å². The second-order valence-electron chi connectivity index (χ2n) is 3.90. The molecule has 0 fully saturated rings. The van der Waals surface area contributed by atoms with Gasteiger partial charge in [-0.2, -0.15) is 5.26 Å². The molecule has 2 aromatic carbocycles. The highest BCUT2D eigenvalue weighted by Gasteiger charge is 2.06. The van der Waals surface area contributed by atoms with E-state index in [1.165, 1.54) is 6.07 Å². The lowest BCUT2D eigenvalue weighted by Gasteiger charge is -2.09. The normalized spacial score (nSPS) is 10.0. The van der Waals surface area contributed by atoms with E-state index in [1.807, 2.05) is 6.07 Å². The van der Waals surface area contributed by atoms with E-state index >= 15 is 0 Å². The molecule has 0 amide bonds. The summed E-state index contributed by atoms with van der Waals surface area (Å²) in [5.74, 6) is -1.05.